The van der Waals surface area contributed by atoms with Crippen LogP contribution < -0.4 is 5.32 Å². The molecular weight excluding hydrogens is 128 g/mol. The molecule has 3 heteroatoms. The van der Waals surface area contributed by atoms with Crippen molar-refractivity contribution in [3.63, 3.8) is 0 Å². The summed E-state index contributed by atoms with van der Waals surface area (Å²) < 4.78 is 0. The monoisotopic (exact) mass is 142 g/mol. The van der Waals surface area contributed by atoms with Gasteiger partial charge in [-0.05, 0) is 13.3 Å². The largest absolute Gasteiger partial charge is 0.336 e. The van der Waals surface area contributed by atoms with E-state index in [-0.39, 0.29) is 6.03 Å². The number of urea groups is 1. The molecule has 2 amide bonds. The van der Waals surface area contributed by atoms with Gasteiger partial charge in [0.15, 0.2) is 0 Å². The summed E-state index contributed by atoms with van der Waals surface area (Å²) in [5.74, 6) is 0. The molecule has 0 aromatic carbocycles. The Balaban J connectivity index is 2.46. The Hall–Kier alpha value is -0.730. The van der Waals surface area contributed by atoms with Gasteiger partial charge in [-0.3, -0.25) is 0 Å². The van der Waals surface area contributed by atoms with Crippen LogP contribution in [0.4, 0.5) is 4.79 Å². The van der Waals surface area contributed by atoms with Crippen molar-refractivity contribution in [1.29, 1.82) is 0 Å². The second-order valence-corrected chi connectivity index (χ2v) is 2.68. The first kappa shape index (κ1) is 7.38. The Morgan fingerprint density at radius 1 is 1.80 bits per heavy atom. The van der Waals surface area contributed by atoms with E-state index in [1.165, 1.54) is 0 Å². The molecule has 0 aromatic heterocycles. The van der Waals surface area contributed by atoms with Crippen LogP contribution in [0.1, 0.15) is 20.3 Å². The maximum absolute atomic E-state index is 11.0. The molecule has 1 atom stereocenters. The molecule has 0 radical (unpaired) electrons. The predicted octanol–water partition coefficient (Wildman–Crippen LogP) is 0.810. The van der Waals surface area contributed by atoms with E-state index in [1.807, 2.05) is 4.90 Å². The van der Waals surface area contributed by atoms with Crippen LogP contribution in [0, 0.1) is 0 Å². The third-order valence-electron chi connectivity index (χ3n) is 2.01. The van der Waals surface area contributed by atoms with Crippen molar-refractivity contribution in [2.24, 2.45) is 0 Å². The molecule has 0 bridgehead atoms. The molecule has 1 saturated heterocycles. The summed E-state index contributed by atoms with van der Waals surface area (Å²) in [6.45, 7) is 5.85. The Kier molecular flexibility index (Phi) is 2.14. The summed E-state index contributed by atoms with van der Waals surface area (Å²) in [5.41, 5.74) is 0. The molecule has 0 aromatic rings. The zero-order valence-electron chi connectivity index (χ0n) is 6.55. The first-order valence-electron chi connectivity index (χ1n) is 3.80. The summed E-state index contributed by atoms with van der Waals surface area (Å²) in [4.78, 5) is 12.9. The molecule has 1 heterocycles. The van der Waals surface area contributed by atoms with E-state index in [2.05, 4.69) is 19.2 Å². The lowest BCUT2D eigenvalue weighted by Gasteiger charge is -2.20. The molecule has 58 valence electrons. The molecule has 1 N–H and O–H groups in total. The van der Waals surface area contributed by atoms with Crippen molar-refractivity contribution >= 4 is 6.03 Å². The lowest BCUT2D eigenvalue weighted by Crippen LogP contribution is -2.35. The summed E-state index contributed by atoms with van der Waals surface area (Å²) in [6, 6.07) is 0.483. The number of hydrogen-bond acceptors (Lipinski definition) is 1. The third kappa shape index (κ3) is 1.23. The highest BCUT2D eigenvalue weighted by molar-refractivity contribution is 5.76. The van der Waals surface area contributed by atoms with Crippen LogP contribution in [0.2, 0.25) is 0 Å². The fourth-order valence-corrected chi connectivity index (χ4v) is 1.13. The average molecular weight is 142 g/mol. The van der Waals surface area contributed by atoms with Gasteiger partial charge < -0.3 is 10.2 Å². The molecule has 1 unspecified atom stereocenters. The van der Waals surface area contributed by atoms with E-state index < -0.39 is 0 Å². The van der Waals surface area contributed by atoms with Crippen LogP contribution in [0.5, 0.6) is 0 Å². The molecule has 0 aliphatic carbocycles. The normalized spacial score (nSPS) is 21.0. The topological polar surface area (TPSA) is 32.3 Å². The van der Waals surface area contributed by atoms with Crippen molar-refractivity contribution in [3.05, 3.63) is 0 Å². The Morgan fingerprint density at radius 2 is 2.50 bits per heavy atom. The van der Waals surface area contributed by atoms with Crippen molar-refractivity contribution in [2.75, 3.05) is 13.1 Å². The summed E-state index contributed by atoms with van der Waals surface area (Å²) in [5, 5.41) is 2.77. The minimum atomic E-state index is 0.0920. The molecule has 1 rings (SSSR count). The van der Waals surface area contributed by atoms with Crippen molar-refractivity contribution in [2.45, 2.75) is 26.3 Å². The second-order valence-electron chi connectivity index (χ2n) is 2.68. The van der Waals surface area contributed by atoms with Crippen LogP contribution >= 0.6 is 0 Å². The van der Waals surface area contributed by atoms with E-state index in [4.69, 9.17) is 0 Å². The smallest absolute Gasteiger partial charge is 0.317 e. The molecule has 10 heavy (non-hydrogen) atoms. The Labute approximate surface area is 61.4 Å². The Bertz CT molecular complexity index is 136. The lowest BCUT2D eigenvalue weighted by atomic mass is 10.2. The quantitative estimate of drug-likeness (QED) is 0.608. The standard InChI is InChI=1S/C7H14N2O/c1-3-6(2)9-5-4-8-7(9)10/h6H,3-5H2,1-2H3,(H,8,10). The van der Waals surface area contributed by atoms with Crippen LogP contribution in [0.3, 0.4) is 0 Å². The summed E-state index contributed by atoms with van der Waals surface area (Å²) >= 11 is 0. The van der Waals surface area contributed by atoms with Crippen LogP contribution in [0.25, 0.3) is 0 Å². The maximum Gasteiger partial charge on any atom is 0.317 e. The predicted molar refractivity (Wildman–Crippen MR) is 39.9 cm³/mol. The second kappa shape index (κ2) is 2.90. The van der Waals surface area contributed by atoms with E-state index in [9.17, 15) is 4.79 Å². The van der Waals surface area contributed by atoms with E-state index in [0.717, 1.165) is 19.5 Å². The summed E-state index contributed by atoms with van der Waals surface area (Å²) in [7, 11) is 0. The molecule has 1 aliphatic rings. The first-order chi connectivity index (χ1) is 4.75. The van der Waals surface area contributed by atoms with Gasteiger partial charge in [0.1, 0.15) is 0 Å². The minimum absolute atomic E-state index is 0.0920. The molecule has 3 nitrogen and oxygen atoms in total. The summed E-state index contributed by atoms with van der Waals surface area (Å²) in [6.07, 6.45) is 1.04. The van der Waals surface area contributed by atoms with Crippen LogP contribution in [-0.2, 0) is 0 Å². The fraction of sp³-hybridized carbons (Fsp3) is 0.857. The highest BCUT2D eigenvalue weighted by Gasteiger charge is 2.22. The molecule has 0 saturated carbocycles. The molecule has 1 aliphatic heterocycles. The van der Waals surface area contributed by atoms with Crippen molar-refractivity contribution in [3.8, 4) is 0 Å². The maximum atomic E-state index is 11.0. The van der Waals surface area contributed by atoms with Crippen molar-refractivity contribution in [1.82, 2.24) is 10.2 Å². The van der Waals surface area contributed by atoms with Gasteiger partial charge in [-0.25, -0.2) is 4.79 Å². The van der Waals surface area contributed by atoms with Gasteiger partial charge in [-0.15, -0.1) is 0 Å². The average Bonchev–Trinajstić information content (AvgIpc) is 2.34. The zero-order chi connectivity index (χ0) is 7.56. The SMILES string of the molecule is CCC(C)N1CCNC1=O. The van der Waals surface area contributed by atoms with Crippen LogP contribution in [0.15, 0.2) is 0 Å². The van der Waals surface area contributed by atoms with Gasteiger partial charge in [-0.1, -0.05) is 6.92 Å². The molecule has 1 fully saturated rings. The van der Waals surface area contributed by atoms with Gasteiger partial charge in [0.25, 0.3) is 0 Å². The highest BCUT2D eigenvalue weighted by atomic mass is 16.2. The fourth-order valence-electron chi connectivity index (χ4n) is 1.13. The van der Waals surface area contributed by atoms with Gasteiger partial charge in [0, 0.05) is 19.1 Å². The number of rotatable bonds is 2. The Morgan fingerprint density at radius 3 is 2.90 bits per heavy atom. The van der Waals surface area contributed by atoms with Gasteiger partial charge in [0.2, 0.25) is 0 Å². The molecular formula is C7H14N2O. The molecule has 0 spiro atoms. The first-order valence-corrected chi connectivity index (χ1v) is 3.80. The number of nitrogens with one attached hydrogen (secondary N) is 1. The van der Waals surface area contributed by atoms with E-state index in [0.29, 0.717) is 6.04 Å². The number of carbonyl (C=O) groups is 1. The van der Waals surface area contributed by atoms with Gasteiger partial charge in [0.05, 0.1) is 0 Å². The highest BCUT2D eigenvalue weighted by Crippen LogP contribution is 2.06. The van der Waals surface area contributed by atoms with Gasteiger partial charge in [-0.2, -0.15) is 0 Å². The van der Waals surface area contributed by atoms with Crippen LogP contribution in [-0.4, -0.2) is 30.1 Å². The van der Waals surface area contributed by atoms with Crippen molar-refractivity contribution < 1.29 is 4.79 Å². The number of carbonyl (C=O) groups excluding carboxylic acids is 1. The minimum Gasteiger partial charge on any atom is -0.336 e. The van der Waals surface area contributed by atoms with E-state index >= 15 is 0 Å². The number of amides is 2. The van der Waals surface area contributed by atoms with E-state index in [1.54, 1.807) is 0 Å². The lowest BCUT2D eigenvalue weighted by molar-refractivity contribution is 0.200. The number of nitrogens with zero attached hydrogens (tertiary/aromatic N) is 1. The number of hydrogen-bond donors (Lipinski definition) is 1. The van der Waals surface area contributed by atoms with Gasteiger partial charge >= 0.3 is 6.03 Å². The zero-order valence-corrected chi connectivity index (χ0v) is 6.55. The third-order valence-corrected chi connectivity index (χ3v) is 2.01.